The lowest BCUT2D eigenvalue weighted by Crippen LogP contribution is -2.58. The van der Waals surface area contributed by atoms with Crippen molar-refractivity contribution < 1.29 is 10.2 Å². The molecule has 3 aliphatic rings. The Labute approximate surface area is 66.5 Å². The van der Waals surface area contributed by atoms with Crippen LogP contribution in [-0.4, -0.2) is 16.0 Å². The van der Waals surface area contributed by atoms with Crippen molar-refractivity contribution in [2.45, 2.75) is 26.1 Å². The summed E-state index contributed by atoms with van der Waals surface area (Å²) in [5, 5.41) is 19.0. The standard InChI is InChI=1S/C9H14O2/c1-8(2)6-3-4-9(10,11)7(8)5-6/h3-4,6-7,10-11H,5H2,1-2H3/t6-,7+/m0/s1. The topological polar surface area (TPSA) is 40.5 Å². The monoisotopic (exact) mass is 154 g/mol. The summed E-state index contributed by atoms with van der Waals surface area (Å²) in [4.78, 5) is 0. The van der Waals surface area contributed by atoms with Gasteiger partial charge in [-0.25, -0.2) is 0 Å². The molecule has 3 rings (SSSR count). The van der Waals surface area contributed by atoms with Crippen molar-refractivity contribution in [2.75, 3.05) is 0 Å². The predicted octanol–water partition coefficient (Wildman–Crippen LogP) is 0.899. The van der Waals surface area contributed by atoms with Gasteiger partial charge in [0, 0.05) is 5.92 Å². The molecule has 0 aromatic heterocycles. The molecular formula is C9H14O2. The van der Waals surface area contributed by atoms with Crippen molar-refractivity contribution in [3.8, 4) is 0 Å². The Morgan fingerprint density at radius 1 is 1.36 bits per heavy atom. The molecule has 2 N–H and O–H groups in total. The van der Waals surface area contributed by atoms with Crippen LogP contribution in [0, 0.1) is 17.3 Å². The highest BCUT2D eigenvalue weighted by Crippen LogP contribution is 2.58. The molecule has 3 aliphatic carbocycles. The van der Waals surface area contributed by atoms with Crippen LogP contribution in [0.4, 0.5) is 0 Å². The molecule has 0 aromatic carbocycles. The third kappa shape index (κ3) is 0.741. The van der Waals surface area contributed by atoms with Gasteiger partial charge in [0.05, 0.1) is 0 Å². The number of hydrogen-bond acceptors (Lipinski definition) is 2. The van der Waals surface area contributed by atoms with Crippen LogP contribution in [0.2, 0.25) is 0 Å². The molecule has 0 spiro atoms. The van der Waals surface area contributed by atoms with Gasteiger partial charge in [-0.15, -0.1) is 0 Å². The average Bonchev–Trinajstić information content (AvgIpc) is 1.84. The van der Waals surface area contributed by atoms with Crippen LogP contribution in [0.3, 0.4) is 0 Å². The smallest absolute Gasteiger partial charge is 0.186 e. The molecule has 1 fully saturated rings. The SMILES string of the molecule is CC1(C)[C@H]2C=CC(O)(O)[C@@H]1C2. The van der Waals surface area contributed by atoms with E-state index in [1.165, 1.54) is 6.08 Å². The van der Waals surface area contributed by atoms with Crippen LogP contribution in [0.5, 0.6) is 0 Å². The highest BCUT2D eigenvalue weighted by atomic mass is 16.5. The van der Waals surface area contributed by atoms with Crippen LogP contribution in [-0.2, 0) is 0 Å². The van der Waals surface area contributed by atoms with E-state index in [0.717, 1.165) is 6.42 Å². The quantitative estimate of drug-likeness (QED) is 0.402. The van der Waals surface area contributed by atoms with Crippen molar-refractivity contribution in [2.24, 2.45) is 17.3 Å². The first kappa shape index (κ1) is 7.32. The van der Waals surface area contributed by atoms with Gasteiger partial charge in [-0.2, -0.15) is 0 Å². The molecule has 2 heteroatoms. The molecule has 0 unspecified atom stereocenters. The Hall–Kier alpha value is -0.340. The van der Waals surface area contributed by atoms with E-state index in [2.05, 4.69) is 13.8 Å². The molecule has 0 radical (unpaired) electrons. The van der Waals surface area contributed by atoms with Gasteiger partial charge in [0.25, 0.3) is 0 Å². The highest BCUT2D eigenvalue weighted by molar-refractivity contribution is 5.20. The summed E-state index contributed by atoms with van der Waals surface area (Å²) in [7, 11) is 0. The van der Waals surface area contributed by atoms with E-state index in [9.17, 15) is 10.2 Å². The van der Waals surface area contributed by atoms with E-state index in [4.69, 9.17) is 0 Å². The summed E-state index contributed by atoms with van der Waals surface area (Å²) in [6, 6.07) is 0. The number of hydrogen-bond donors (Lipinski definition) is 2. The lowest BCUT2D eigenvalue weighted by Gasteiger charge is -2.58. The second kappa shape index (κ2) is 1.70. The molecule has 1 saturated carbocycles. The number of fused-ring (bicyclic) bond motifs is 1. The predicted molar refractivity (Wildman–Crippen MR) is 41.7 cm³/mol. The summed E-state index contributed by atoms with van der Waals surface area (Å²) >= 11 is 0. The average molecular weight is 154 g/mol. The van der Waals surface area contributed by atoms with Gasteiger partial charge in [0.15, 0.2) is 5.79 Å². The molecule has 62 valence electrons. The minimum atomic E-state index is -1.54. The summed E-state index contributed by atoms with van der Waals surface area (Å²) in [6.07, 6.45) is 4.38. The molecule has 2 nitrogen and oxygen atoms in total. The molecule has 0 amide bonds. The van der Waals surface area contributed by atoms with Gasteiger partial charge in [0.1, 0.15) is 0 Å². The first-order valence-corrected chi connectivity index (χ1v) is 4.09. The fraction of sp³-hybridized carbons (Fsp3) is 0.778. The van der Waals surface area contributed by atoms with Gasteiger partial charge < -0.3 is 10.2 Å². The third-order valence-electron chi connectivity index (χ3n) is 3.43. The van der Waals surface area contributed by atoms with Gasteiger partial charge in [-0.3, -0.25) is 0 Å². The van der Waals surface area contributed by atoms with E-state index >= 15 is 0 Å². The summed E-state index contributed by atoms with van der Waals surface area (Å²) in [5.41, 5.74) is 0.0816. The van der Waals surface area contributed by atoms with Gasteiger partial charge in [-0.05, 0) is 23.8 Å². The molecule has 0 heterocycles. The zero-order valence-corrected chi connectivity index (χ0v) is 6.91. The van der Waals surface area contributed by atoms with Crippen molar-refractivity contribution in [1.82, 2.24) is 0 Å². The van der Waals surface area contributed by atoms with Crippen LogP contribution >= 0.6 is 0 Å². The fourth-order valence-corrected chi connectivity index (χ4v) is 2.38. The van der Waals surface area contributed by atoms with E-state index in [1.54, 1.807) is 0 Å². The van der Waals surface area contributed by atoms with Crippen molar-refractivity contribution in [3.05, 3.63) is 12.2 Å². The normalized spacial score (nSPS) is 43.3. The van der Waals surface area contributed by atoms with Gasteiger partial charge in [0.2, 0.25) is 0 Å². The van der Waals surface area contributed by atoms with Crippen molar-refractivity contribution in [3.63, 3.8) is 0 Å². The second-order valence-corrected chi connectivity index (χ2v) is 4.36. The number of allylic oxidation sites excluding steroid dienone is 1. The largest absolute Gasteiger partial charge is 0.362 e. The van der Waals surface area contributed by atoms with Crippen LogP contribution in [0.1, 0.15) is 20.3 Å². The van der Waals surface area contributed by atoms with Crippen molar-refractivity contribution >= 4 is 0 Å². The maximum absolute atomic E-state index is 9.49. The zero-order chi connectivity index (χ0) is 8.28. The first-order chi connectivity index (χ1) is 4.94. The Kier molecular flexibility index (Phi) is 1.13. The molecule has 11 heavy (non-hydrogen) atoms. The Bertz CT molecular complexity index is 216. The minimum absolute atomic E-state index is 0.0324. The molecule has 2 atom stereocenters. The second-order valence-electron chi connectivity index (χ2n) is 4.36. The van der Waals surface area contributed by atoms with Gasteiger partial charge in [-0.1, -0.05) is 19.9 Å². The molecule has 0 aromatic rings. The van der Waals surface area contributed by atoms with E-state index in [1.807, 2.05) is 6.08 Å². The Morgan fingerprint density at radius 3 is 2.27 bits per heavy atom. The van der Waals surface area contributed by atoms with E-state index in [0.29, 0.717) is 5.92 Å². The zero-order valence-electron chi connectivity index (χ0n) is 6.91. The lowest BCUT2D eigenvalue weighted by molar-refractivity contribution is -0.241. The molecular weight excluding hydrogens is 140 g/mol. The van der Waals surface area contributed by atoms with E-state index in [-0.39, 0.29) is 11.3 Å². The summed E-state index contributed by atoms with van der Waals surface area (Å²) < 4.78 is 0. The number of rotatable bonds is 0. The summed E-state index contributed by atoms with van der Waals surface area (Å²) in [6.45, 7) is 4.19. The minimum Gasteiger partial charge on any atom is -0.362 e. The Balaban J connectivity index is 2.36. The van der Waals surface area contributed by atoms with Gasteiger partial charge >= 0.3 is 0 Å². The lowest BCUT2D eigenvalue weighted by atomic mass is 9.49. The summed E-state index contributed by atoms with van der Waals surface area (Å²) in [5.74, 6) is -0.956. The maximum atomic E-state index is 9.49. The fourth-order valence-electron chi connectivity index (χ4n) is 2.38. The first-order valence-electron chi connectivity index (χ1n) is 4.09. The molecule has 2 bridgehead atoms. The Morgan fingerprint density at radius 2 is 2.00 bits per heavy atom. The number of aliphatic hydroxyl groups is 2. The third-order valence-corrected chi connectivity index (χ3v) is 3.43. The van der Waals surface area contributed by atoms with E-state index < -0.39 is 5.79 Å². The molecule has 0 aliphatic heterocycles. The van der Waals surface area contributed by atoms with Crippen molar-refractivity contribution in [1.29, 1.82) is 0 Å². The highest BCUT2D eigenvalue weighted by Gasteiger charge is 2.57. The maximum Gasteiger partial charge on any atom is 0.186 e. The molecule has 0 saturated heterocycles. The van der Waals surface area contributed by atoms with Crippen LogP contribution < -0.4 is 0 Å². The van der Waals surface area contributed by atoms with Crippen LogP contribution in [0.25, 0.3) is 0 Å². The van der Waals surface area contributed by atoms with Crippen LogP contribution in [0.15, 0.2) is 12.2 Å².